The molecule has 1 unspecified atom stereocenters. The fraction of sp³-hybridized carbons (Fsp3) is 0.333. The molecule has 1 aliphatic rings. The van der Waals surface area contributed by atoms with Crippen LogP contribution in [-0.2, 0) is 13.0 Å². The molecule has 0 radical (unpaired) electrons. The van der Waals surface area contributed by atoms with Crippen LogP contribution in [0.15, 0.2) is 24.3 Å². The van der Waals surface area contributed by atoms with Gasteiger partial charge in [-0.15, -0.1) is 0 Å². The lowest BCUT2D eigenvalue weighted by Crippen LogP contribution is -2.19. The number of imidazole rings is 1. The summed E-state index contributed by atoms with van der Waals surface area (Å²) >= 11 is 0. The van der Waals surface area contributed by atoms with Crippen molar-refractivity contribution in [3.63, 3.8) is 0 Å². The first-order valence-electron chi connectivity index (χ1n) is 6.68. The van der Waals surface area contributed by atoms with E-state index >= 15 is 0 Å². The summed E-state index contributed by atoms with van der Waals surface area (Å²) in [6.07, 6.45) is 1.76. The number of rotatable bonds is 2. The third-order valence-corrected chi connectivity index (χ3v) is 3.79. The number of phenols is 1. The van der Waals surface area contributed by atoms with E-state index in [-0.39, 0.29) is 11.4 Å². The Kier molecular flexibility index (Phi) is 2.97. The van der Waals surface area contributed by atoms with Gasteiger partial charge in [0.1, 0.15) is 11.6 Å². The minimum Gasteiger partial charge on any atom is -0.508 e. The van der Waals surface area contributed by atoms with E-state index in [1.165, 1.54) is 0 Å². The van der Waals surface area contributed by atoms with Gasteiger partial charge in [0.15, 0.2) is 5.69 Å². The smallest absolute Gasteiger partial charge is 0.356 e. The van der Waals surface area contributed by atoms with Crippen LogP contribution in [0.4, 0.5) is 0 Å². The van der Waals surface area contributed by atoms with Crippen LogP contribution in [0.25, 0.3) is 11.4 Å². The second-order valence-corrected chi connectivity index (χ2v) is 5.33. The lowest BCUT2D eigenvalue weighted by atomic mass is 9.97. The Morgan fingerprint density at radius 1 is 1.35 bits per heavy atom. The Balaban J connectivity index is 2.14. The van der Waals surface area contributed by atoms with Crippen LogP contribution in [0.5, 0.6) is 5.75 Å². The molecule has 5 nitrogen and oxygen atoms in total. The summed E-state index contributed by atoms with van der Waals surface area (Å²) in [5.74, 6) is 0.355. The van der Waals surface area contributed by atoms with E-state index < -0.39 is 5.97 Å². The molecule has 2 heterocycles. The molecule has 20 heavy (non-hydrogen) atoms. The number of aromatic nitrogens is 2. The maximum Gasteiger partial charge on any atom is 0.356 e. The average molecular weight is 272 g/mol. The van der Waals surface area contributed by atoms with Gasteiger partial charge in [-0.2, -0.15) is 0 Å². The summed E-state index contributed by atoms with van der Waals surface area (Å²) in [5.41, 5.74) is 1.78. The summed E-state index contributed by atoms with van der Waals surface area (Å²) in [5, 5.41) is 18.7. The highest BCUT2D eigenvalue weighted by atomic mass is 16.4. The van der Waals surface area contributed by atoms with Crippen molar-refractivity contribution in [3.8, 4) is 17.1 Å². The van der Waals surface area contributed by atoms with Gasteiger partial charge in [-0.25, -0.2) is 9.78 Å². The first-order chi connectivity index (χ1) is 9.56. The van der Waals surface area contributed by atoms with E-state index in [0.29, 0.717) is 11.7 Å². The topological polar surface area (TPSA) is 75.3 Å². The highest BCUT2D eigenvalue weighted by molar-refractivity contribution is 5.88. The third kappa shape index (κ3) is 2.05. The summed E-state index contributed by atoms with van der Waals surface area (Å²) in [6.45, 7) is 2.91. The van der Waals surface area contributed by atoms with E-state index in [2.05, 4.69) is 11.9 Å². The molecule has 0 fully saturated rings. The molecular formula is C15H16N2O3. The Labute approximate surface area is 116 Å². The number of carboxylic acids is 1. The lowest BCUT2D eigenvalue weighted by Gasteiger charge is -2.22. The van der Waals surface area contributed by atoms with Crippen LogP contribution in [0.1, 0.15) is 29.5 Å². The maximum atomic E-state index is 11.4. The van der Waals surface area contributed by atoms with Gasteiger partial charge in [-0.05, 0) is 43.0 Å². The molecule has 0 aliphatic carbocycles. The van der Waals surface area contributed by atoms with Crippen LogP contribution in [-0.4, -0.2) is 25.7 Å². The fourth-order valence-corrected chi connectivity index (χ4v) is 2.72. The van der Waals surface area contributed by atoms with E-state index in [4.69, 9.17) is 0 Å². The molecule has 1 aliphatic heterocycles. The number of carbonyl (C=O) groups is 1. The molecular weight excluding hydrogens is 256 g/mol. The summed E-state index contributed by atoms with van der Waals surface area (Å²) < 4.78 is 2.00. The van der Waals surface area contributed by atoms with Crippen molar-refractivity contribution in [2.24, 2.45) is 5.92 Å². The highest BCUT2D eigenvalue weighted by Gasteiger charge is 2.27. The highest BCUT2D eigenvalue weighted by Crippen LogP contribution is 2.30. The number of hydrogen-bond donors (Lipinski definition) is 2. The van der Waals surface area contributed by atoms with Crippen molar-refractivity contribution >= 4 is 5.97 Å². The number of carboxylic acid groups (broad SMARTS) is 1. The Hall–Kier alpha value is -2.30. The van der Waals surface area contributed by atoms with Crippen LogP contribution in [0, 0.1) is 5.92 Å². The molecule has 104 valence electrons. The van der Waals surface area contributed by atoms with Crippen LogP contribution < -0.4 is 0 Å². The van der Waals surface area contributed by atoms with Crippen molar-refractivity contribution in [1.29, 1.82) is 0 Å². The monoisotopic (exact) mass is 272 g/mol. The summed E-state index contributed by atoms with van der Waals surface area (Å²) in [6, 6.07) is 6.69. The second-order valence-electron chi connectivity index (χ2n) is 5.33. The zero-order valence-corrected chi connectivity index (χ0v) is 11.2. The van der Waals surface area contributed by atoms with Crippen LogP contribution >= 0.6 is 0 Å². The SMILES string of the molecule is CC1CCn2c(-c3ccc(O)cc3)nc(C(=O)O)c2C1. The maximum absolute atomic E-state index is 11.4. The molecule has 3 rings (SSSR count). The summed E-state index contributed by atoms with van der Waals surface area (Å²) in [4.78, 5) is 15.7. The molecule has 1 aromatic carbocycles. The van der Waals surface area contributed by atoms with Gasteiger partial charge in [0.2, 0.25) is 0 Å². The van der Waals surface area contributed by atoms with Crippen molar-refractivity contribution in [3.05, 3.63) is 35.7 Å². The third-order valence-electron chi connectivity index (χ3n) is 3.79. The molecule has 2 aromatic rings. The predicted molar refractivity (Wildman–Crippen MR) is 73.8 cm³/mol. The van der Waals surface area contributed by atoms with Crippen LogP contribution in [0.2, 0.25) is 0 Å². The fourth-order valence-electron chi connectivity index (χ4n) is 2.72. The van der Waals surface area contributed by atoms with E-state index in [1.807, 2.05) is 4.57 Å². The van der Waals surface area contributed by atoms with Crippen molar-refractivity contribution in [2.45, 2.75) is 26.3 Å². The minimum atomic E-state index is -0.979. The quantitative estimate of drug-likeness (QED) is 0.881. The Morgan fingerprint density at radius 2 is 2.05 bits per heavy atom. The molecule has 0 bridgehead atoms. The van der Waals surface area contributed by atoms with Crippen molar-refractivity contribution in [2.75, 3.05) is 0 Å². The normalized spacial score (nSPS) is 17.8. The van der Waals surface area contributed by atoms with Crippen molar-refractivity contribution < 1.29 is 15.0 Å². The van der Waals surface area contributed by atoms with Crippen LogP contribution in [0.3, 0.4) is 0 Å². The number of aromatic carboxylic acids is 1. The zero-order valence-electron chi connectivity index (χ0n) is 11.2. The zero-order chi connectivity index (χ0) is 14.3. The molecule has 1 atom stereocenters. The van der Waals surface area contributed by atoms with Gasteiger partial charge in [0, 0.05) is 12.1 Å². The molecule has 1 aromatic heterocycles. The van der Waals surface area contributed by atoms with Gasteiger partial charge in [-0.3, -0.25) is 0 Å². The van der Waals surface area contributed by atoms with E-state index in [9.17, 15) is 15.0 Å². The Bertz CT molecular complexity index is 659. The van der Waals surface area contributed by atoms with Gasteiger partial charge >= 0.3 is 5.97 Å². The van der Waals surface area contributed by atoms with Gasteiger partial charge in [0.25, 0.3) is 0 Å². The van der Waals surface area contributed by atoms with Crippen molar-refractivity contribution in [1.82, 2.24) is 9.55 Å². The summed E-state index contributed by atoms with van der Waals surface area (Å²) in [7, 11) is 0. The standard InChI is InChI=1S/C15H16N2O3/c1-9-6-7-17-12(8-9)13(15(19)20)16-14(17)10-2-4-11(18)5-3-10/h2-5,9,18H,6-8H2,1H3,(H,19,20). The number of aromatic hydroxyl groups is 1. The molecule has 0 spiro atoms. The van der Waals surface area contributed by atoms with Gasteiger partial charge < -0.3 is 14.8 Å². The molecule has 0 saturated heterocycles. The van der Waals surface area contributed by atoms with Gasteiger partial charge in [0.05, 0.1) is 5.69 Å². The minimum absolute atomic E-state index is 0.152. The largest absolute Gasteiger partial charge is 0.508 e. The van der Waals surface area contributed by atoms with E-state index in [0.717, 1.165) is 30.6 Å². The molecule has 2 N–H and O–H groups in total. The number of phenolic OH excluding ortho intramolecular Hbond substituents is 1. The van der Waals surface area contributed by atoms with Gasteiger partial charge in [-0.1, -0.05) is 6.92 Å². The first-order valence-corrected chi connectivity index (χ1v) is 6.68. The molecule has 0 saturated carbocycles. The second kappa shape index (κ2) is 4.67. The number of nitrogens with zero attached hydrogens (tertiary/aromatic N) is 2. The molecule has 5 heteroatoms. The average Bonchev–Trinajstić information content (AvgIpc) is 2.78. The number of fused-ring (bicyclic) bond motifs is 1. The number of hydrogen-bond acceptors (Lipinski definition) is 3. The Morgan fingerprint density at radius 3 is 2.70 bits per heavy atom. The molecule has 0 amide bonds. The lowest BCUT2D eigenvalue weighted by molar-refractivity contribution is 0.0689. The first kappa shape index (κ1) is 12.7. The van der Waals surface area contributed by atoms with E-state index in [1.54, 1.807) is 24.3 Å². The predicted octanol–water partition coefficient (Wildman–Crippen LogP) is 2.54. The number of benzene rings is 1.